The van der Waals surface area contributed by atoms with E-state index in [0.717, 1.165) is 24.2 Å². The third kappa shape index (κ3) is 3.92. The van der Waals surface area contributed by atoms with Gasteiger partial charge >= 0.3 is 0 Å². The van der Waals surface area contributed by atoms with Crippen LogP contribution in [0.15, 0.2) is 36.9 Å². The van der Waals surface area contributed by atoms with E-state index in [1.165, 1.54) is 0 Å². The van der Waals surface area contributed by atoms with Crippen molar-refractivity contribution < 1.29 is 14.3 Å². The first-order valence-corrected chi connectivity index (χ1v) is 10.0. The van der Waals surface area contributed by atoms with Gasteiger partial charge in [0.05, 0.1) is 25.2 Å². The van der Waals surface area contributed by atoms with Crippen LogP contribution in [-0.4, -0.2) is 60.1 Å². The Hall–Kier alpha value is -2.34. The van der Waals surface area contributed by atoms with Crippen molar-refractivity contribution in [2.45, 2.75) is 44.8 Å². The lowest BCUT2D eigenvalue weighted by Crippen LogP contribution is -2.59. The fourth-order valence-corrected chi connectivity index (χ4v) is 4.26. The monoisotopic (exact) mass is 385 g/mol. The smallest absolute Gasteiger partial charge is 0.241 e. The van der Waals surface area contributed by atoms with Crippen LogP contribution in [0.2, 0.25) is 0 Å². The molecule has 1 N–H and O–H groups in total. The summed E-state index contributed by atoms with van der Waals surface area (Å²) in [6, 6.07) is 7.46. The molecule has 2 heterocycles. The average Bonchev–Trinajstić information content (AvgIpc) is 2.95. The number of piperidine rings is 1. The maximum absolute atomic E-state index is 12.9. The molecule has 1 aromatic rings. The van der Waals surface area contributed by atoms with Crippen LogP contribution in [0.5, 0.6) is 5.75 Å². The summed E-state index contributed by atoms with van der Waals surface area (Å²) in [7, 11) is 1.63. The van der Waals surface area contributed by atoms with Crippen molar-refractivity contribution in [3.63, 3.8) is 0 Å². The molecular formula is C22H31N3O3. The minimum Gasteiger partial charge on any atom is -0.497 e. The Bertz CT molecular complexity index is 738. The number of amides is 2. The normalized spacial score (nSPS) is 21.4. The molecule has 1 spiro atoms. The van der Waals surface area contributed by atoms with Crippen LogP contribution < -0.4 is 10.1 Å². The Labute approximate surface area is 167 Å². The molecule has 1 unspecified atom stereocenters. The van der Waals surface area contributed by atoms with Gasteiger partial charge in [0.15, 0.2) is 0 Å². The third-order valence-electron chi connectivity index (χ3n) is 5.88. The highest BCUT2D eigenvalue weighted by atomic mass is 16.5. The summed E-state index contributed by atoms with van der Waals surface area (Å²) in [4.78, 5) is 29.5. The molecule has 2 aliphatic heterocycles. The highest BCUT2D eigenvalue weighted by Crippen LogP contribution is 2.34. The molecule has 2 saturated heterocycles. The lowest BCUT2D eigenvalue weighted by Gasteiger charge is -2.44. The molecule has 2 aliphatic rings. The van der Waals surface area contributed by atoms with E-state index in [0.29, 0.717) is 26.1 Å². The van der Waals surface area contributed by atoms with Crippen molar-refractivity contribution in [3.8, 4) is 5.75 Å². The Morgan fingerprint density at radius 1 is 1.39 bits per heavy atom. The summed E-state index contributed by atoms with van der Waals surface area (Å²) < 4.78 is 5.24. The van der Waals surface area contributed by atoms with E-state index in [4.69, 9.17) is 4.74 Å². The van der Waals surface area contributed by atoms with Gasteiger partial charge in [-0.3, -0.25) is 14.9 Å². The SMILES string of the molecule is C=CCN1C(=O)C(C(C)C)NC12CCN(C(=O)Cc1cccc(OC)c1)CC2. The number of carbonyl (C=O) groups excluding carboxylic acids is 2. The maximum atomic E-state index is 12.9. The topological polar surface area (TPSA) is 61.9 Å². The molecule has 2 fully saturated rings. The summed E-state index contributed by atoms with van der Waals surface area (Å²) in [5.74, 6) is 1.25. The first kappa shape index (κ1) is 20.4. The number of rotatable bonds is 6. The largest absolute Gasteiger partial charge is 0.497 e. The van der Waals surface area contributed by atoms with Gasteiger partial charge in [0.1, 0.15) is 5.75 Å². The molecule has 28 heavy (non-hydrogen) atoms. The molecule has 1 atom stereocenters. The third-order valence-corrected chi connectivity index (χ3v) is 5.88. The summed E-state index contributed by atoms with van der Waals surface area (Å²) >= 11 is 0. The molecular weight excluding hydrogens is 354 g/mol. The van der Waals surface area contributed by atoms with E-state index in [-0.39, 0.29) is 29.4 Å². The molecule has 1 aromatic carbocycles. The number of methoxy groups -OCH3 is 1. The van der Waals surface area contributed by atoms with Gasteiger partial charge in [-0.15, -0.1) is 6.58 Å². The molecule has 0 radical (unpaired) electrons. The molecule has 152 valence electrons. The fourth-order valence-electron chi connectivity index (χ4n) is 4.26. The van der Waals surface area contributed by atoms with Crippen LogP contribution in [0, 0.1) is 5.92 Å². The highest BCUT2D eigenvalue weighted by molar-refractivity contribution is 5.86. The average molecular weight is 386 g/mol. The Kier molecular flexibility index (Phi) is 6.08. The van der Waals surface area contributed by atoms with Crippen LogP contribution in [0.25, 0.3) is 0 Å². The van der Waals surface area contributed by atoms with Crippen molar-refractivity contribution in [3.05, 3.63) is 42.5 Å². The molecule has 6 nitrogen and oxygen atoms in total. The zero-order valence-corrected chi connectivity index (χ0v) is 17.1. The zero-order chi connectivity index (χ0) is 20.3. The van der Waals surface area contributed by atoms with Crippen molar-refractivity contribution >= 4 is 11.8 Å². The number of carbonyl (C=O) groups is 2. The van der Waals surface area contributed by atoms with Crippen molar-refractivity contribution in [2.24, 2.45) is 5.92 Å². The standard InChI is InChI=1S/C22H31N3O3/c1-5-11-25-21(27)20(16(2)3)23-22(25)9-12-24(13-10-22)19(26)15-17-7-6-8-18(14-17)28-4/h5-8,14,16,20,23H,1,9-13,15H2,2-4H3. The van der Waals surface area contributed by atoms with Crippen LogP contribution in [0.4, 0.5) is 0 Å². The first-order valence-electron chi connectivity index (χ1n) is 10.0. The minimum absolute atomic E-state index is 0.114. The van der Waals surface area contributed by atoms with Gasteiger partial charge in [0.2, 0.25) is 11.8 Å². The van der Waals surface area contributed by atoms with Gasteiger partial charge in [0, 0.05) is 32.5 Å². The van der Waals surface area contributed by atoms with Crippen molar-refractivity contribution in [1.82, 2.24) is 15.1 Å². The second-order valence-corrected chi connectivity index (χ2v) is 8.04. The zero-order valence-electron chi connectivity index (χ0n) is 17.1. The predicted octanol–water partition coefficient (Wildman–Crippen LogP) is 2.20. The van der Waals surface area contributed by atoms with Gasteiger partial charge in [-0.25, -0.2) is 0 Å². The molecule has 2 amide bonds. The van der Waals surface area contributed by atoms with E-state index >= 15 is 0 Å². The predicted molar refractivity (Wildman–Crippen MR) is 109 cm³/mol. The summed E-state index contributed by atoms with van der Waals surface area (Å²) in [5, 5.41) is 3.59. The van der Waals surface area contributed by atoms with Gasteiger partial charge in [0.25, 0.3) is 0 Å². The van der Waals surface area contributed by atoms with E-state index in [1.807, 2.05) is 34.1 Å². The number of ether oxygens (including phenoxy) is 1. The number of nitrogens with zero attached hydrogens (tertiary/aromatic N) is 2. The van der Waals surface area contributed by atoms with Crippen LogP contribution in [0.3, 0.4) is 0 Å². The number of hydrogen-bond donors (Lipinski definition) is 1. The lowest BCUT2D eigenvalue weighted by atomic mass is 9.95. The van der Waals surface area contributed by atoms with Gasteiger partial charge in [-0.2, -0.15) is 0 Å². The molecule has 0 saturated carbocycles. The molecule has 0 bridgehead atoms. The van der Waals surface area contributed by atoms with Gasteiger partial charge < -0.3 is 14.5 Å². The van der Waals surface area contributed by atoms with Crippen molar-refractivity contribution in [2.75, 3.05) is 26.7 Å². The molecule has 0 aromatic heterocycles. The van der Waals surface area contributed by atoms with E-state index in [1.54, 1.807) is 13.2 Å². The van der Waals surface area contributed by atoms with Crippen LogP contribution >= 0.6 is 0 Å². The van der Waals surface area contributed by atoms with Crippen LogP contribution in [-0.2, 0) is 16.0 Å². The second-order valence-electron chi connectivity index (χ2n) is 8.04. The quantitative estimate of drug-likeness (QED) is 0.763. The number of nitrogens with one attached hydrogen (secondary N) is 1. The van der Waals surface area contributed by atoms with Gasteiger partial charge in [-0.1, -0.05) is 32.1 Å². The minimum atomic E-state index is -0.368. The van der Waals surface area contributed by atoms with E-state index in [2.05, 4.69) is 25.7 Å². The highest BCUT2D eigenvalue weighted by Gasteiger charge is 2.51. The number of benzene rings is 1. The second kappa shape index (κ2) is 8.35. The summed E-state index contributed by atoms with van der Waals surface area (Å²) in [6.07, 6.45) is 3.62. The summed E-state index contributed by atoms with van der Waals surface area (Å²) in [5.41, 5.74) is 0.583. The van der Waals surface area contributed by atoms with Gasteiger partial charge in [-0.05, 0) is 23.6 Å². The van der Waals surface area contributed by atoms with E-state index in [9.17, 15) is 9.59 Å². The summed E-state index contributed by atoms with van der Waals surface area (Å²) in [6.45, 7) is 9.76. The van der Waals surface area contributed by atoms with E-state index < -0.39 is 0 Å². The Morgan fingerprint density at radius 2 is 2.11 bits per heavy atom. The Balaban J connectivity index is 1.66. The molecule has 3 rings (SSSR count). The lowest BCUT2D eigenvalue weighted by molar-refractivity contribution is -0.136. The fraction of sp³-hybridized carbons (Fsp3) is 0.545. The Morgan fingerprint density at radius 3 is 2.71 bits per heavy atom. The first-order chi connectivity index (χ1) is 13.4. The number of likely N-dealkylation sites (tertiary alicyclic amines) is 1. The maximum Gasteiger partial charge on any atom is 0.241 e. The van der Waals surface area contributed by atoms with Crippen LogP contribution in [0.1, 0.15) is 32.3 Å². The molecule has 6 heteroatoms. The van der Waals surface area contributed by atoms with Crippen molar-refractivity contribution in [1.29, 1.82) is 0 Å². The molecule has 0 aliphatic carbocycles. The number of hydrogen-bond acceptors (Lipinski definition) is 4.